The first-order chi connectivity index (χ1) is 13.3. The van der Waals surface area contributed by atoms with Gasteiger partial charge in [0.1, 0.15) is 10.8 Å². The maximum atomic E-state index is 5.45. The summed E-state index contributed by atoms with van der Waals surface area (Å²) in [5.74, 6) is 2.33. The fourth-order valence-corrected chi connectivity index (χ4v) is 3.82. The molecule has 2 aromatic heterocycles. The highest BCUT2D eigenvalue weighted by atomic mass is 32.2. The van der Waals surface area contributed by atoms with Crippen molar-refractivity contribution < 1.29 is 14.2 Å². The zero-order valence-corrected chi connectivity index (χ0v) is 15.3. The fourth-order valence-electron chi connectivity index (χ4n) is 2.93. The lowest BCUT2D eigenvalue weighted by molar-refractivity contribution is 0.174. The molecule has 4 aromatic rings. The third-order valence-corrected chi connectivity index (χ3v) is 5.23. The Morgan fingerprint density at radius 3 is 2.85 bits per heavy atom. The largest absolute Gasteiger partial charge is 0.496 e. The molecule has 5 rings (SSSR count). The molecule has 134 valence electrons. The quantitative estimate of drug-likeness (QED) is 0.529. The maximum absolute atomic E-state index is 5.45. The van der Waals surface area contributed by atoms with E-state index >= 15 is 0 Å². The van der Waals surface area contributed by atoms with Gasteiger partial charge in [0.15, 0.2) is 17.1 Å². The van der Waals surface area contributed by atoms with Crippen molar-refractivity contribution in [3.05, 3.63) is 60.8 Å². The van der Waals surface area contributed by atoms with Gasteiger partial charge < -0.3 is 14.2 Å². The number of ether oxygens (including phenoxy) is 3. The van der Waals surface area contributed by atoms with Crippen LogP contribution in [0.15, 0.2) is 70.7 Å². The van der Waals surface area contributed by atoms with Crippen LogP contribution in [-0.2, 0) is 0 Å². The number of imidazole rings is 1. The van der Waals surface area contributed by atoms with Crippen LogP contribution in [0.2, 0.25) is 0 Å². The second-order valence-electron chi connectivity index (χ2n) is 5.92. The number of methoxy groups -OCH3 is 1. The minimum atomic E-state index is 0.259. The number of benzene rings is 2. The third kappa shape index (κ3) is 2.96. The standard InChI is InChI=1S/C20H15N3O3S/c1-24-16-4-2-3-5-18(16)27-20-9-8-19-21-14(11-23(19)22-20)13-6-7-15-17(10-13)26-12-25-15/h2-11H,12H2,1H3. The number of hydrogen-bond donors (Lipinski definition) is 0. The van der Waals surface area contributed by atoms with Crippen LogP contribution in [-0.4, -0.2) is 28.5 Å². The van der Waals surface area contributed by atoms with E-state index < -0.39 is 0 Å². The Kier molecular flexibility index (Phi) is 3.86. The normalized spacial score (nSPS) is 12.5. The van der Waals surface area contributed by atoms with Crippen LogP contribution in [0.1, 0.15) is 0 Å². The summed E-state index contributed by atoms with van der Waals surface area (Å²) in [7, 11) is 1.67. The van der Waals surface area contributed by atoms with Gasteiger partial charge in [-0.25, -0.2) is 9.50 Å². The van der Waals surface area contributed by atoms with E-state index in [-0.39, 0.29) is 6.79 Å². The molecule has 0 radical (unpaired) electrons. The van der Waals surface area contributed by atoms with Crippen LogP contribution in [0, 0.1) is 0 Å². The van der Waals surface area contributed by atoms with Gasteiger partial charge in [0.05, 0.1) is 23.9 Å². The van der Waals surface area contributed by atoms with Crippen LogP contribution >= 0.6 is 11.8 Å². The smallest absolute Gasteiger partial charge is 0.231 e. The van der Waals surface area contributed by atoms with E-state index in [1.165, 1.54) is 0 Å². The Bertz CT molecular complexity index is 1140. The molecule has 2 aromatic carbocycles. The van der Waals surface area contributed by atoms with Gasteiger partial charge in [0.2, 0.25) is 6.79 Å². The van der Waals surface area contributed by atoms with E-state index in [9.17, 15) is 0 Å². The second kappa shape index (κ2) is 6.51. The van der Waals surface area contributed by atoms with Gasteiger partial charge in [-0.3, -0.25) is 0 Å². The monoisotopic (exact) mass is 377 g/mol. The minimum absolute atomic E-state index is 0.259. The van der Waals surface area contributed by atoms with Gasteiger partial charge in [0, 0.05) is 5.56 Å². The molecule has 7 heteroatoms. The Hall–Kier alpha value is -3.19. The van der Waals surface area contributed by atoms with Crippen molar-refractivity contribution in [2.75, 3.05) is 13.9 Å². The lowest BCUT2D eigenvalue weighted by atomic mass is 10.1. The highest BCUT2D eigenvalue weighted by molar-refractivity contribution is 7.99. The van der Waals surface area contributed by atoms with Crippen molar-refractivity contribution in [1.29, 1.82) is 0 Å². The zero-order valence-electron chi connectivity index (χ0n) is 14.5. The van der Waals surface area contributed by atoms with E-state index in [0.29, 0.717) is 0 Å². The highest BCUT2D eigenvalue weighted by Gasteiger charge is 2.15. The summed E-state index contributed by atoms with van der Waals surface area (Å²) in [6.07, 6.45) is 1.92. The summed E-state index contributed by atoms with van der Waals surface area (Å²) >= 11 is 1.55. The molecule has 1 aliphatic rings. The first kappa shape index (κ1) is 16.0. The van der Waals surface area contributed by atoms with Crippen molar-refractivity contribution in [3.63, 3.8) is 0 Å². The van der Waals surface area contributed by atoms with Crippen LogP contribution in [0.3, 0.4) is 0 Å². The molecule has 3 heterocycles. The van der Waals surface area contributed by atoms with Gasteiger partial charge in [-0.2, -0.15) is 5.10 Å². The zero-order chi connectivity index (χ0) is 18.2. The molecule has 0 saturated heterocycles. The topological polar surface area (TPSA) is 57.9 Å². The molecule has 0 aliphatic carbocycles. The van der Waals surface area contributed by atoms with Crippen LogP contribution in [0.5, 0.6) is 17.2 Å². The summed E-state index contributed by atoms with van der Waals surface area (Å²) in [4.78, 5) is 5.68. The predicted molar refractivity (Wildman–Crippen MR) is 102 cm³/mol. The first-order valence-corrected chi connectivity index (χ1v) is 9.19. The van der Waals surface area contributed by atoms with Gasteiger partial charge >= 0.3 is 0 Å². The second-order valence-corrected chi connectivity index (χ2v) is 6.98. The van der Waals surface area contributed by atoms with Crippen molar-refractivity contribution in [3.8, 4) is 28.5 Å². The van der Waals surface area contributed by atoms with E-state index in [1.807, 2.05) is 60.8 Å². The minimum Gasteiger partial charge on any atom is -0.496 e. The molecule has 6 nitrogen and oxygen atoms in total. The fraction of sp³-hybridized carbons (Fsp3) is 0.100. The molecule has 0 spiro atoms. The molecular formula is C20H15N3O3S. The summed E-state index contributed by atoms with van der Waals surface area (Å²) in [6.45, 7) is 0.259. The molecule has 0 fully saturated rings. The molecule has 27 heavy (non-hydrogen) atoms. The SMILES string of the molecule is COc1ccccc1Sc1ccc2nc(-c3ccc4c(c3)OCO4)cn2n1. The van der Waals surface area contributed by atoms with Crippen molar-refractivity contribution in [2.24, 2.45) is 0 Å². The summed E-state index contributed by atoms with van der Waals surface area (Å²) in [5, 5.41) is 5.53. The number of aromatic nitrogens is 3. The van der Waals surface area contributed by atoms with Gasteiger partial charge in [-0.05, 0) is 42.5 Å². The first-order valence-electron chi connectivity index (χ1n) is 8.37. The van der Waals surface area contributed by atoms with E-state index in [2.05, 4.69) is 10.1 Å². The number of rotatable bonds is 4. The van der Waals surface area contributed by atoms with E-state index in [1.54, 1.807) is 23.4 Å². The molecule has 0 unspecified atom stereocenters. The van der Waals surface area contributed by atoms with Gasteiger partial charge in [-0.1, -0.05) is 23.9 Å². The maximum Gasteiger partial charge on any atom is 0.231 e. The van der Waals surface area contributed by atoms with Crippen LogP contribution in [0.4, 0.5) is 0 Å². The van der Waals surface area contributed by atoms with Crippen LogP contribution < -0.4 is 14.2 Å². The molecule has 1 aliphatic heterocycles. The van der Waals surface area contributed by atoms with Crippen LogP contribution in [0.25, 0.3) is 16.9 Å². The number of hydrogen-bond acceptors (Lipinski definition) is 6. The summed E-state index contributed by atoms with van der Waals surface area (Å²) in [6, 6.07) is 17.6. The number of fused-ring (bicyclic) bond motifs is 2. The Balaban J connectivity index is 1.48. The lowest BCUT2D eigenvalue weighted by Crippen LogP contribution is -1.92. The molecule has 0 N–H and O–H groups in total. The molecular weight excluding hydrogens is 362 g/mol. The predicted octanol–water partition coefficient (Wildman–Crippen LogP) is 4.28. The highest BCUT2D eigenvalue weighted by Crippen LogP contribution is 2.36. The Morgan fingerprint density at radius 2 is 1.93 bits per heavy atom. The van der Waals surface area contributed by atoms with Gasteiger partial charge in [0.25, 0.3) is 0 Å². The summed E-state index contributed by atoms with van der Waals surface area (Å²) < 4.78 is 18.0. The Labute approximate surface area is 159 Å². The average molecular weight is 377 g/mol. The summed E-state index contributed by atoms with van der Waals surface area (Å²) in [5.41, 5.74) is 2.58. The number of nitrogens with zero attached hydrogens (tertiary/aromatic N) is 3. The molecule has 0 amide bonds. The van der Waals surface area contributed by atoms with E-state index in [0.717, 1.165) is 44.1 Å². The average Bonchev–Trinajstić information content (AvgIpc) is 3.34. The lowest BCUT2D eigenvalue weighted by Gasteiger charge is -2.06. The molecule has 0 atom stereocenters. The van der Waals surface area contributed by atoms with Crippen molar-refractivity contribution >= 4 is 17.4 Å². The van der Waals surface area contributed by atoms with Crippen molar-refractivity contribution in [1.82, 2.24) is 14.6 Å². The third-order valence-electron chi connectivity index (χ3n) is 4.25. The molecule has 0 saturated carbocycles. The van der Waals surface area contributed by atoms with E-state index in [4.69, 9.17) is 14.2 Å². The van der Waals surface area contributed by atoms with Crippen molar-refractivity contribution in [2.45, 2.75) is 9.92 Å². The molecule has 0 bridgehead atoms. The number of para-hydroxylation sites is 1. The van der Waals surface area contributed by atoms with Gasteiger partial charge in [-0.15, -0.1) is 0 Å². The Morgan fingerprint density at radius 1 is 1.04 bits per heavy atom.